The summed E-state index contributed by atoms with van der Waals surface area (Å²) >= 11 is 0. The normalized spacial score (nSPS) is 17.5. The van der Waals surface area contributed by atoms with E-state index in [2.05, 4.69) is 30.0 Å². The van der Waals surface area contributed by atoms with Gasteiger partial charge in [0.15, 0.2) is 5.82 Å². The number of rotatable bonds is 5. The molecule has 2 aromatic heterocycles. The standard InChI is InChI=1S/C15H20N6O/c1-20(15-16-9-7-14(18-15)22-2)11-12-5-4-10-21(12)13-6-3-8-17-19-13/h3,6-9,12H,4-5,10-11H2,1-2H3. The van der Waals surface area contributed by atoms with Gasteiger partial charge in [0.2, 0.25) is 11.8 Å². The average molecular weight is 300 g/mol. The van der Waals surface area contributed by atoms with E-state index in [-0.39, 0.29) is 0 Å². The molecule has 7 heteroatoms. The van der Waals surface area contributed by atoms with Crippen LogP contribution in [0, 0.1) is 0 Å². The van der Waals surface area contributed by atoms with Crippen LogP contribution in [0.2, 0.25) is 0 Å². The minimum absolute atomic E-state index is 0.386. The largest absolute Gasteiger partial charge is 0.481 e. The van der Waals surface area contributed by atoms with E-state index in [1.165, 1.54) is 0 Å². The van der Waals surface area contributed by atoms with Crippen molar-refractivity contribution in [2.24, 2.45) is 0 Å². The molecule has 1 atom stereocenters. The maximum Gasteiger partial charge on any atom is 0.228 e. The topological polar surface area (TPSA) is 67.3 Å². The summed E-state index contributed by atoms with van der Waals surface area (Å²) in [5, 5.41) is 8.20. The van der Waals surface area contributed by atoms with Gasteiger partial charge in [-0.3, -0.25) is 0 Å². The minimum Gasteiger partial charge on any atom is -0.481 e. The lowest BCUT2D eigenvalue weighted by Gasteiger charge is -2.29. The van der Waals surface area contributed by atoms with Gasteiger partial charge < -0.3 is 14.5 Å². The minimum atomic E-state index is 0.386. The third-order valence-electron chi connectivity index (χ3n) is 3.88. The van der Waals surface area contributed by atoms with Crippen molar-refractivity contribution in [3.63, 3.8) is 0 Å². The van der Waals surface area contributed by atoms with Crippen molar-refractivity contribution in [1.82, 2.24) is 20.2 Å². The number of likely N-dealkylation sites (N-methyl/N-ethyl adjacent to an activating group) is 1. The maximum absolute atomic E-state index is 5.16. The van der Waals surface area contributed by atoms with Crippen molar-refractivity contribution in [1.29, 1.82) is 0 Å². The summed E-state index contributed by atoms with van der Waals surface area (Å²) in [5.74, 6) is 2.18. The van der Waals surface area contributed by atoms with E-state index < -0.39 is 0 Å². The zero-order valence-electron chi connectivity index (χ0n) is 12.9. The first kappa shape index (κ1) is 14.5. The molecule has 0 amide bonds. The molecule has 3 rings (SSSR count). The van der Waals surface area contributed by atoms with Gasteiger partial charge in [-0.2, -0.15) is 10.1 Å². The van der Waals surface area contributed by atoms with Crippen LogP contribution in [0.15, 0.2) is 30.6 Å². The van der Waals surface area contributed by atoms with E-state index in [0.717, 1.165) is 31.7 Å². The third-order valence-corrected chi connectivity index (χ3v) is 3.88. The predicted molar refractivity (Wildman–Crippen MR) is 84.3 cm³/mol. The maximum atomic E-state index is 5.16. The van der Waals surface area contributed by atoms with Crippen LogP contribution in [0.3, 0.4) is 0 Å². The van der Waals surface area contributed by atoms with Gasteiger partial charge in [0, 0.05) is 44.6 Å². The lowest BCUT2D eigenvalue weighted by molar-refractivity contribution is 0.396. The van der Waals surface area contributed by atoms with Gasteiger partial charge in [0.25, 0.3) is 0 Å². The van der Waals surface area contributed by atoms with Crippen LogP contribution in [-0.2, 0) is 0 Å². The molecule has 1 aliphatic heterocycles. The first-order valence-electron chi connectivity index (χ1n) is 7.40. The molecule has 0 aromatic carbocycles. The lowest BCUT2D eigenvalue weighted by atomic mass is 10.2. The second kappa shape index (κ2) is 6.55. The van der Waals surface area contributed by atoms with E-state index in [4.69, 9.17) is 4.74 Å². The fraction of sp³-hybridized carbons (Fsp3) is 0.467. The highest BCUT2D eigenvalue weighted by molar-refractivity contribution is 5.41. The molecule has 1 unspecified atom stereocenters. The van der Waals surface area contributed by atoms with Crippen LogP contribution in [0.25, 0.3) is 0 Å². The molecule has 1 aliphatic rings. The number of ether oxygens (including phenoxy) is 1. The second-order valence-corrected chi connectivity index (χ2v) is 5.35. The predicted octanol–water partition coefficient (Wildman–Crippen LogP) is 1.38. The van der Waals surface area contributed by atoms with Crippen LogP contribution in [0.4, 0.5) is 11.8 Å². The Bertz CT molecular complexity index is 608. The highest BCUT2D eigenvalue weighted by Crippen LogP contribution is 2.24. The summed E-state index contributed by atoms with van der Waals surface area (Å²) in [6, 6.07) is 6.06. The smallest absolute Gasteiger partial charge is 0.228 e. The van der Waals surface area contributed by atoms with Crippen molar-refractivity contribution in [3.05, 3.63) is 30.6 Å². The molecular weight excluding hydrogens is 280 g/mol. The van der Waals surface area contributed by atoms with Gasteiger partial charge in [-0.1, -0.05) is 0 Å². The molecule has 0 spiro atoms. The number of nitrogens with zero attached hydrogens (tertiary/aromatic N) is 6. The summed E-state index contributed by atoms with van der Waals surface area (Å²) in [5.41, 5.74) is 0. The fourth-order valence-corrected chi connectivity index (χ4v) is 2.80. The third kappa shape index (κ3) is 3.08. The monoisotopic (exact) mass is 300 g/mol. The molecule has 0 radical (unpaired) electrons. The quantitative estimate of drug-likeness (QED) is 0.826. The Morgan fingerprint density at radius 2 is 2.27 bits per heavy atom. The number of methoxy groups -OCH3 is 1. The van der Waals surface area contributed by atoms with E-state index in [9.17, 15) is 0 Å². The van der Waals surface area contributed by atoms with E-state index in [0.29, 0.717) is 17.9 Å². The molecule has 116 valence electrons. The second-order valence-electron chi connectivity index (χ2n) is 5.35. The number of hydrogen-bond acceptors (Lipinski definition) is 7. The van der Waals surface area contributed by atoms with Crippen LogP contribution >= 0.6 is 0 Å². The first-order chi connectivity index (χ1) is 10.8. The van der Waals surface area contributed by atoms with Crippen molar-refractivity contribution in [2.45, 2.75) is 18.9 Å². The van der Waals surface area contributed by atoms with E-state index in [1.807, 2.05) is 19.2 Å². The zero-order valence-corrected chi connectivity index (χ0v) is 12.9. The molecule has 1 fully saturated rings. The van der Waals surface area contributed by atoms with E-state index in [1.54, 1.807) is 25.6 Å². The highest BCUT2D eigenvalue weighted by Gasteiger charge is 2.27. The van der Waals surface area contributed by atoms with Gasteiger partial charge >= 0.3 is 0 Å². The van der Waals surface area contributed by atoms with Gasteiger partial charge in [-0.25, -0.2) is 4.98 Å². The van der Waals surface area contributed by atoms with Crippen molar-refractivity contribution >= 4 is 11.8 Å². The Kier molecular flexibility index (Phi) is 4.32. The van der Waals surface area contributed by atoms with Crippen molar-refractivity contribution in [3.8, 4) is 5.88 Å². The summed E-state index contributed by atoms with van der Waals surface area (Å²) in [4.78, 5) is 13.1. The lowest BCUT2D eigenvalue weighted by Crippen LogP contribution is -2.40. The Morgan fingerprint density at radius 3 is 3.05 bits per heavy atom. The van der Waals surface area contributed by atoms with Gasteiger partial charge in [-0.05, 0) is 25.0 Å². The van der Waals surface area contributed by atoms with Crippen molar-refractivity contribution in [2.75, 3.05) is 37.0 Å². The fourth-order valence-electron chi connectivity index (χ4n) is 2.80. The van der Waals surface area contributed by atoms with Crippen molar-refractivity contribution < 1.29 is 4.74 Å². The molecule has 0 saturated carbocycles. The molecule has 7 nitrogen and oxygen atoms in total. The van der Waals surface area contributed by atoms with Crippen LogP contribution in [0.5, 0.6) is 5.88 Å². The summed E-state index contributed by atoms with van der Waals surface area (Å²) in [6.07, 6.45) is 5.70. The molecule has 1 saturated heterocycles. The Morgan fingerprint density at radius 1 is 1.36 bits per heavy atom. The molecule has 0 bridgehead atoms. The molecule has 0 N–H and O–H groups in total. The highest BCUT2D eigenvalue weighted by atomic mass is 16.5. The first-order valence-corrected chi connectivity index (χ1v) is 7.40. The summed E-state index contributed by atoms with van der Waals surface area (Å²) < 4.78 is 5.16. The summed E-state index contributed by atoms with van der Waals surface area (Å²) in [7, 11) is 3.61. The van der Waals surface area contributed by atoms with Crippen LogP contribution in [0.1, 0.15) is 12.8 Å². The average Bonchev–Trinajstić information content (AvgIpc) is 3.04. The molecule has 0 aliphatic carbocycles. The van der Waals surface area contributed by atoms with Gasteiger partial charge in [0.05, 0.1) is 7.11 Å². The Labute approximate surface area is 130 Å². The number of aromatic nitrogens is 4. The zero-order chi connectivity index (χ0) is 15.4. The SMILES string of the molecule is COc1ccnc(N(C)CC2CCCN2c2cccnn2)n1. The van der Waals surface area contributed by atoms with E-state index >= 15 is 0 Å². The summed E-state index contributed by atoms with van der Waals surface area (Å²) in [6.45, 7) is 1.85. The molecule has 3 heterocycles. The Balaban J connectivity index is 1.71. The van der Waals surface area contributed by atoms with Gasteiger partial charge in [-0.15, -0.1) is 5.10 Å². The van der Waals surface area contributed by atoms with Crippen LogP contribution in [-0.4, -0.2) is 53.5 Å². The number of anilines is 2. The molecule has 2 aromatic rings. The van der Waals surface area contributed by atoms with Gasteiger partial charge in [0.1, 0.15) is 0 Å². The molecule has 22 heavy (non-hydrogen) atoms. The number of hydrogen-bond donors (Lipinski definition) is 0. The Hall–Kier alpha value is -2.44. The molecular formula is C15H20N6O. The van der Waals surface area contributed by atoms with Crippen LogP contribution < -0.4 is 14.5 Å².